The van der Waals surface area contributed by atoms with E-state index in [4.69, 9.17) is 5.11 Å². The number of aliphatic hydroxyl groups excluding tert-OH is 1. The lowest BCUT2D eigenvalue weighted by Crippen LogP contribution is -2.25. The van der Waals surface area contributed by atoms with Crippen LogP contribution in [0.25, 0.3) is 0 Å². The number of nitrogens with one attached hydrogen (secondary N) is 1. The zero-order chi connectivity index (χ0) is 14.9. The van der Waals surface area contributed by atoms with Crippen LogP contribution in [0.5, 0.6) is 0 Å². The zero-order valence-corrected chi connectivity index (χ0v) is 12.3. The summed E-state index contributed by atoms with van der Waals surface area (Å²) in [4.78, 5) is 16.8. The van der Waals surface area contributed by atoms with E-state index in [1.807, 2.05) is 12.1 Å². The van der Waals surface area contributed by atoms with Crippen molar-refractivity contribution in [3.8, 4) is 11.8 Å². The van der Waals surface area contributed by atoms with E-state index in [0.717, 1.165) is 16.9 Å². The summed E-state index contributed by atoms with van der Waals surface area (Å²) in [5, 5.41) is 13.3. The molecule has 0 saturated heterocycles. The molecule has 0 aliphatic carbocycles. The molecule has 0 aliphatic rings. The van der Waals surface area contributed by atoms with E-state index in [9.17, 15) is 4.79 Å². The monoisotopic (exact) mass is 300 g/mol. The largest absolute Gasteiger partial charge is 0.395 e. The van der Waals surface area contributed by atoms with Gasteiger partial charge in [-0.2, -0.15) is 0 Å². The minimum atomic E-state index is -0.0923. The number of aromatic nitrogens is 1. The van der Waals surface area contributed by atoms with Gasteiger partial charge in [-0.3, -0.25) is 9.78 Å². The highest BCUT2D eigenvalue weighted by Crippen LogP contribution is 2.13. The first-order valence-corrected chi connectivity index (χ1v) is 7.53. The molecule has 0 unspecified atom stereocenters. The average Bonchev–Trinajstić information content (AvgIpc) is 2.97. The van der Waals surface area contributed by atoms with E-state index in [1.165, 1.54) is 11.3 Å². The smallest absolute Gasteiger partial charge is 0.252 e. The molecule has 4 nitrogen and oxygen atoms in total. The molecule has 5 heteroatoms. The summed E-state index contributed by atoms with van der Waals surface area (Å²) in [5.41, 5.74) is 1.72. The summed E-state index contributed by atoms with van der Waals surface area (Å²) in [6.45, 7) is 0.631. The Morgan fingerprint density at radius 3 is 3.14 bits per heavy atom. The van der Waals surface area contributed by atoms with Gasteiger partial charge >= 0.3 is 0 Å². The molecule has 0 aromatic carbocycles. The highest BCUT2D eigenvalue weighted by molar-refractivity contribution is 7.10. The van der Waals surface area contributed by atoms with Crippen LogP contribution in [-0.2, 0) is 6.42 Å². The van der Waals surface area contributed by atoms with Crippen molar-refractivity contribution >= 4 is 17.2 Å². The van der Waals surface area contributed by atoms with Crippen molar-refractivity contribution in [1.82, 2.24) is 10.3 Å². The first-order chi connectivity index (χ1) is 10.3. The molecule has 0 aliphatic heterocycles. The molecule has 0 radical (unpaired) electrons. The molecule has 21 heavy (non-hydrogen) atoms. The van der Waals surface area contributed by atoms with Crippen LogP contribution in [0.2, 0.25) is 0 Å². The third kappa shape index (κ3) is 5.03. The number of hydrogen-bond donors (Lipinski definition) is 2. The molecule has 108 valence electrons. The lowest BCUT2D eigenvalue weighted by molar-refractivity contribution is 0.0954. The Labute approximate surface area is 127 Å². The Morgan fingerprint density at radius 1 is 1.48 bits per heavy atom. The molecule has 2 aromatic heterocycles. The Hall–Kier alpha value is -2.16. The Balaban J connectivity index is 1.82. The fourth-order valence-corrected chi connectivity index (χ4v) is 2.45. The topological polar surface area (TPSA) is 62.2 Å². The van der Waals surface area contributed by atoms with Crippen LogP contribution in [0.4, 0.5) is 0 Å². The molecule has 0 atom stereocenters. The van der Waals surface area contributed by atoms with Crippen molar-refractivity contribution in [3.63, 3.8) is 0 Å². The fourth-order valence-electron chi connectivity index (χ4n) is 1.69. The van der Waals surface area contributed by atoms with Crippen LogP contribution >= 0.6 is 11.3 Å². The van der Waals surface area contributed by atoms with E-state index >= 15 is 0 Å². The number of thiophene rings is 1. The molecular formula is C16H16N2O2S. The molecule has 2 N–H and O–H groups in total. The number of carbonyl (C=O) groups is 1. The Kier molecular flexibility index (Phi) is 5.95. The highest BCUT2D eigenvalue weighted by atomic mass is 32.1. The van der Waals surface area contributed by atoms with Crippen molar-refractivity contribution < 1.29 is 9.90 Å². The van der Waals surface area contributed by atoms with Crippen LogP contribution in [0.15, 0.2) is 36.0 Å². The molecular weight excluding hydrogens is 284 g/mol. The summed E-state index contributed by atoms with van der Waals surface area (Å²) in [6.07, 6.45) is 4.73. The molecule has 0 spiro atoms. The summed E-state index contributed by atoms with van der Waals surface area (Å²) >= 11 is 1.43. The predicted octanol–water partition coefficient (Wildman–Crippen LogP) is 1.85. The number of carbonyl (C=O) groups excluding carboxylic acids is 1. The van der Waals surface area contributed by atoms with Crippen molar-refractivity contribution in [2.75, 3.05) is 13.2 Å². The van der Waals surface area contributed by atoms with Gasteiger partial charge in [-0.1, -0.05) is 17.9 Å². The zero-order valence-electron chi connectivity index (χ0n) is 11.5. The Bertz CT molecular complexity index is 641. The van der Waals surface area contributed by atoms with Crippen molar-refractivity contribution in [2.45, 2.75) is 12.8 Å². The van der Waals surface area contributed by atoms with Crippen molar-refractivity contribution in [2.24, 2.45) is 0 Å². The second-order valence-corrected chi connectivity index (χ2v) is 5.25. The average molecular weight is 300 g/mol. The third-order valence-electron chi connectivity index (χ3n) is 2.73. The maximum absolute atomic E-state index is 12.0. The van der Waals surface area contributed by atoms with Gasteiger partial charge in [-0.25, -0.2) is 0 Å². The molecule has 2 rings (SSSR count). The second kappa shape index (κ2) is 8.20. The van der Waals surface area contributed by atoms with Gasteiger partial charge < -0.3 is 10.4 Å². The van der Waals surface area contributed by atoms with Gasteiger partial charge in [0.25, 0.3) is 5.91 Å². The summed E-state index contributed by atoms with van der Waals surface area (Å²) < 4.78 is 0. The molecule has 2 heterocycles. The van der Waals surface area contributed by atoms with E-state index in [-0.39, 0.29) is 12.5 Å². The quantitative estimate of drug-likeness (QED) is 0.828. The van der Waals surface area contributed by atoms with Crippen LogP contribution in [-0.4, -0.2) is 29.1 Å². The van der Waals surface area contributed by atoms with Crippen molar-refractivity contribution in [1.29, 1.82) is 0 Å². The van der Waals surface area contributed by atoms with Gasteiger partial charge in [-0.15, -0.1) is 11.3 Å². The molecule has 2 aromatic rings. The minimum Gasteiger partial charge on any atom is -0.395 e. The maximum Gasteiger partial charge on any atom is 0.252 e. The fraction of sp³-hybridized carbons (Fsp3) is 0.250. The molecule has 0 saturated carbocycles. The first-order valence-electron chi connectivity index (χ1n) is 6.65. The van der Waals surface area contributed by atoms with Crippen LogP contribution in [0.1, 0.15) is 27.2 Å². The van der Waals surface area contributed by atoms with Crippen LogP contribution in [0.3, 0.4) is 0 Å². The first kappa shape index (κ1) is 15.2. The highest BCUT2D eigenvalue weighted by Gasteiger charge is 2.07. The minimum absolute atomic E-state index is 0.0556. The number of aliphatic hydroxyl groups is 1. The lowest BCUT2D eigenvalue weighted by Gasteiger charge is -2.03. The van der Waals surface area contributed by atoms with Gasteiger partial charge in [0.2, 0.25) is 0 Å². The normalized spacial score (nSPS) is 9.76. The third-order valence-corrected chi connectivity index (χ3v) is 3.58. The van der Waals surface area contributed by atoms with Gasteiger partial charge in [0.15, 0.2) is 0 Å². The predicted molar refractivity (Wildman–Crippen MR) is 83.2 cm³/mol. The van der Waals surface area contributed by atoms with Crippen molar-refractivity contribution in [3.05, 3.63) is 52.0 Å². The van der Waals surface area contributed by atoms with Gasteiger partial charge in [0, 0.05) is 30.7 Å². The maximum atomic E-state index is 12.0. The van der Waals surface area contributed by atoms with Gasteiger partial charge in [0.1, 0.15) is 0 Å². The molecule has 1 amide bonds. The number of nitrogens with zero attached hydrogens (tertiary/aromatic N) is 1. The molecule has 0 fully saturated rings. The van der Waals surface area contributed by atoms with Gasteiger partial charge in [0.05, 0.1) is 17.0 Å². The van der Waals surface area contributed by atoms with E-state index in [0.29, 0.717) is 18.5 Å². The van der Waals surface area contributed by atoms with E-state index in [2.05, 4.69) is 22.1 Å². The van der Waals surface area contributed by atoms with Crippen LogP contribution in [0, 0.1) is 11.8 Å². The standard InChI is InChI=1S/C16H16N2O2S/c19-9-2-1-5-15-10-14(12-21-15)16(20)18-8-6-13-4-3-7-17-11-13/h3-4,7,10-12,19H,2,6,8-9H2,(H,18,20). The number of hydrogen-bond acceptors (Lipinski definition) is 4. The summed E-state index contributed by atoms with van der Waals surface area (Å²) in [7, 11) is 0. The summed E-state index contributed by atoms with van der Waals surface area (Å²) in [5.74, 6) is 5.67. The number of rotatable bonds is 5. The summed E-state index contributed by atoms with van der Waals surface area (Å²) in [6, 6.07) is 5.64. The molecule has 0 bridgehead atoms. The van der Waals surface area contributed by atoms with E-state index in [1.54, 1.807) is 23.8 Å². The van der Waals surface area contributed by atoms with E-state index < -0.39 is 0 Å². The lowest BCUT2D eigenvalue weighted by atomic mass is 10.2. The second-order valence-electron chi connectivity index (χ2n) is 4.34. The number of amides is 1. The SMILES string of the molecule is O=C(NCCc1cccnc1)c1csc(C#CCCO)c1. The van der Waals surface area contributed by atoms with Gasteiger partial charge in [-0.05, 0) is 24.1 Å². The Morgan fingerprint density at radius 2 is 2.38 bits per heavy atom. The number of pyridine rings is 1. The van der Waals surface area contributed by atoms with Crippen LogP contribution < -0.4 is 5.32 Å².